The van der Waals surface area contributed by atoms with Gasteiger partial charge in [0.2, 0.25) is 0 Å². The normalized spacial score (nSPS) is 12.6. The number of aliphatic hydroxyl groups is 1. The molecule has 0 aliphatic heterocycles. The summed E-state index contributed by atoms with van der Waals surface area (Å²) in [4.78, 5) is 6.28. The maximum Gasteiger partial charge on any atom is 0.128 e. The number of hydrogen-bond donors (Lipinski definition) is 1. The van der Waals surface area contributed by atoms with Gasteiger partial charge < -0.3 is 10.0 Å². The van der Waals surface area contributed by atoms with Gasteiger partial charge in [-0.2, -0.15) is 0 Å². The van der Waals surface area contributed by atoms with Crippen molar-refractivity contribution in [2.75, 3.05) is 18.5 Å². The first-order valence-corrected chi connectivity index (χ1v) is 4.50. The number of rotatable bonds is 3. The number of aliphatic hydroxyl groups excluding tert-OH is 1. The molecule has 0 radical (unpaired) electrons. The monoisotopic (exact) mass is 180 g/mol. The second-order valence-electron chi connectivity index (χ2n) is 3.14. The molecule has 1 N–H and O–H groups in total. The Morgan fingerprint density at radius 2 is 2.23 bits per heavy atom. The third kappa shape index (κ3) is 2.42. The number of pyridine rings is 1. The molecule has 1 rings (SSSR count). The van der Waals surface area contributed by atoms with Crippen LogP contribution in [0.3, 0.4) is 0 Å². The zero-order valence-corrected chi connectivity index (χ0v) is 8.36. The Morgan fingerprint density at radius 1 is 1.54 bits per heavy atom. The van der Waals surface area contributed by atoms with Crippen molar-refractivity contribution in [1.82, 2.24) is 4.98 Å². The van der Waals surface area contributed by atoms with Crippen LogP contribution in [0.1, 0.15) is 25.5 Å². The van der Waals surface area contributed by atoms with E-state index in [4.69, 9.17) is 0 Å². The summed E-state index contributed by atoms with van der Waals surface area (Å²) in [7, 11) is 1.99. The molecule has 0 fully saturated rings. The lowest BCUT2D eigenvalue weighted by Crippen LogP contribution is -2.17. The van der Waals surface area contributed by atoms with Crippen LogP contribution in [0, 0.1) is 0 Å². The second kappa shape index (κ2) is 4.23. The SMILES string of the molecule is CCN(C)c1ccc([C@H](C)O)cn1. The maximum atomic E-state index is 9.26. The first-order valence-electron chi connectivity index (χ1n) is 4.50. The van der Waals surface area contributed by atoms with E-state index >= 15 is 0 Å². The van der Waals surface area contributed by atoms with Crippen molar-refractivity contribution in [1.29, 1.82) is 0 Å². The predicted molar refractivity (Wildman–Crippen MR) is 53.8 cm³/mol. The van der Waals surface area contributed by atoms with Crippen LogP contribution in [0.2, 0.25) is 0 Å². The van der Waals surface area contributed by atoms with Crippen LogP contribution in [0.15, 0.2) is 18.3 Å². The molecular weight excluding hydrogens is 164 g/mol. The van der Waals surface area contributed by atoms with Crippen LogP contribution < -0.4 is 4.90 Å². The van der Waals surface area contributed by atoms with Gasteiger partial charge in [-0.25, -0.2) is 4.98 Å². The molecule has 1 heterocycles. The summed E-state index contributed by atoms with van der Waals surface area (Å²) in [6.45, 7) is 4.74. The molecule has 1 aromatic heterocycles. The molecule has 13 heavy (non-hydrogen) atoms. The number of anilines is 1. The van der Waals surface area contributed by atoms with Gasteiger partial charge in [0.05, 0.1) is 6.10 Å². The molecule has 72 valence electrons. The molecule has 0 saturated carbocycles. The van der Waals surface area contributed by atoms with Gasteiger partial charge in [0.25, 0.3) is 0 Å². The van der Waals surface area contributed by atoms with Crippen molar-refractivity contribution in [3.05, 3.63) is 23.9 Å². The van der Waals surface area contributed by atoms with Gasteiger partial charge in [0.15, 0.2) is 0 Å². The maximum absolute atomic E-state index is 9.26. The zero-order chi connectivity index (χ0) is 9.84. The topological polar surface area (TPSA) is 36.4 Å². The molecule has 0 saturated heterocycles. The Kier molecular flexibility index (Phi) is 3.25. The summed E-state index contributed by atoms with van der Waals surface area (Å²) >= 11 is 0. The standard InChI is InChI=1S/C10H16N2O/c1-4-12(3)10-6-5-9(7-11-10)8(2)13/h5-8,13H,4H2,1-3H3/t8-/m0/s1. The highest BCUT2D eigenvalue weighted by atomic mass is 16.3. The first-order chi connectivity index (χ1) is 6.15. The van der Waals surface area contributed by atoms with Crippen LogP contribution in [-0.4, -0.2) is 23.7 Å². The Morgan fingerprint density at radius 3 is 2.62 bits per heavy atom. The molecule has 1 aromatic rings. The summed E-state index contributed by atoms with van der Waals surface area (Å²) in [5.74, 6) is 0.937. The van der Waals surface area contributed by atoms with E-state index in [9.17, 15) is 5.11 Å². The fourth-order valence-electron chi connectivity index (χ4n) is 1.03. The minimum absolute atomic E-state index is 0.437. The predicted octanol–water partition coefficient (Wildman–Crippen LogP) is 1.59. The van der Waals surface area contributed by atoms with E-state index < -0.39 is 6.10 Å². The lowest BCUT2D eigenvalue weighted by molar-refractivity contribution is 0.199. The van der Waals surface area contributed by atoms with E-state index in [1.165, 1.54) is 0 Å². The molecule has 0 amide bonds. The highest BCUT2D eigenvalue weighted by Gasteiger charge is 2.02. The summed E-state index contributed by atoms with van der Waals surface area (Å²) in [6, 6.07) is 3.82. The zero-order valence-electron chi connectivity index (χ0n) is 8.36. The molecule has 3 heteroatoms. The highest BCUT2D eigenvalue weighted by molar-refractivity contribution is 5.38. The average molecular weight is 180 g/mol. The third-order valence-electron chi connectivity index (χ3n) is 2.12. The van der Waals surface area contributed by atoms with Crippen molar-refractivity contribution in [2.24, 2.45) is 0 Å². The highest BCUT2D eigenvalue weighted by Crippen LogP contribution is 2.14. The molecule has 3 nitrogen and oxygen atoms in total. The Balaban J connectivity index is 2.81. The van der Waals surface area contributed by atoms with Gasteiger partial charge in [-0.3, -0.25) is 0 Å². The van der Waals surface area contributed by atoms with E-state index in [2.05, 4.69) is 11.9 Å². The lowest BCUT2D eigenvalue weighted by atomic mass is 10.2. The fourth-order valence-corrected chi connectivity index (χ4v) is 1.03. The van der Waals surface area contributed by atoms with E-state index in [0.717, 1.165) is 17.9 Å². The third-order valence-corrected chi connectivity index (χ3v) is 2.12. The van der Waals surface area contributed by atoms with Gasteiger partial charge in [-0.15, -0.1) is 0 Å². The number of hydrogen-bond acceptors (Lipinski definition) is 3. The van der Waals surface area contributed by atoms with Crippen LogP contribution in [0.5, 0.6) is 0 Å². The quantitative estimate of drug-likeness (QED) is 0.767. The van der Waals surface area contributed by atoms with Crippen LogP contribution in [0.4, 0.5) is 5.82 Å². The number of aromatic nitrogens is 1. The minimum atomic E-state index is -0.437. The molecule has 0 aromatic carbocycles. The summed E-state index contributed by atoms with van der Waals surface area (Å²) in [5.41, 5.74) is 0.855. The minimum Gasteiger partial charge on any atom is -0.389 e. The Labute approximate surface area is 79.0 Å². The molecule has 1 atom stereocenters. The van der Waals surface area contributed by atoms with Gasteiger partial charge in [-0.05, 0) is 25.5 Å². The average Bonchev–Trinajstić information content (AvgIpc) is 2.17. The lowest BCUT2D eigenvalue weighted by Gasteiger charge is -2.15. The first kappa shape index (κ1) is 9.99. The second-order valence-corrected chi connectivity index (χ2v) is 3.14. The van der Waals surface area contributed by atoms with Gasteiger partial charge >= 0.3 is 0 Å². The summed E-state index contributed by atoms with van der Waals surface area (Å²) in [6.07, 6.45) is 1.28. The van der Waals surface area contributed by atoms with Crippen LogP contribution in [0.25, 0.3) is 0 Å². The molecule has 0 aliphatic carbocycles. The largest absolute Gasteiger partial charge is 0.389 e. The van der Waals surface area contributed by atoms with E-state index in [-0.39, 0.29) is 0 Å². The van der Waals surface area contributed by atoms with Crippen molar-refractivity contribution in [3.8, 4) is 0 Å². The van der Waals surface area contributed by atoms with Crippen molar-refractivity contribution >= 4 is 5.82 Å². The number of nitrogens with zero attached hydrogens (tertiary/aromatic N) is 2. The Hall–Kier alpha value is -1.09. The molecule has 0 bridgehead atoms. The smallest absolute Gasteiger partial charge is 0.128 e. The Bertz CT molecular complexity index is 256. The summed E-state index contributed by atoms with van der Waals surface area (Å²) < 4.78 is 0. The van der Waals surface area contributed by atoms with Crippen molar-refractivity contribution < 1.29 is 5.11 Å². The fraction of sp³-hybridized carbons (Fsp3) is 0.500. The van der Waals surface area contributed by atoms with Gasteiger partial charge in [0, 0.05) is 19.8 Å². The van der Waals surface area contributed by atoms with Gasteiger partial charge in [0.1, 0.15) is 5.82 Å². The van der Waals surface area contributed by atoms with E-state index in [1.54, 1.807) is 13.1 Å². The molecule has 0 unspecified atom stereocenters. The molecular formula is C10H16N2O. The van der Waals surface area contributed by atoms with Crippen LogP contribution in [-0.2, 0) is 0 Å². The van der Waals surface area contributed by atoms with Crippen molar-refractivity contribution in [2.45, 2.75) is 20.0 Å². The van der Waals surface area contributed by atoms with E-state index in [1.807, 2.05) is 24.1 Å². The molecule has 0 spiro atoms. The van der Waals surface area contributed by atoms with Gasteiger partial charge in [-0.1, -0.05) is 6.07 Å². The van der Waals surface area contributed by atoms with Crippen LogP contribution >= 0.6 is 0 Å². The molecule has 0 aliphatic rings. The van der Waals surface area contributed by atoms with Crippen molar-refractivity contribution in [3.63, 3.8) is 0 Å². The summed E-state index contributed by atoms with van der Waals surface area (Å²) in [5, 5.41) is 9.26. The van der Waals surface area contributed by atoms with E-state index in [0.29, 0.717) is 0 Å².